The van der Waals surface area contributed by atoms with Crippen LogP contribution >= 0.6 is 35.3 Å². The van der Waals surface area contributed by atoms with Crippen LogP contribution in [0.5, 0.6) is 5.75 Å². The van der Waals surface area contributed by atoms with Crippen LogP contribution in [-0.4, -0.2) is 95.8 Å². The zero-order chi connectivity index (χ0) is 30.3. The summed E-state index contributed by atoms with van der Waals surface area (Å²) in [5, 5.41) is 48.3. The highest BCUT2D eigenvalue weighted by atomic mass is 32.2. The van der Waals surface area contributed by atoms with Gasteiger partial charge in [-0.1, -0.05) is 17.4 Å². The average Bonchev–Trinajstić information content (AvgIpc) is 3.58. The summed E-state index contributed by atoms with van der Waals surface area (Å²) in [6.45, 7) is -0.516. The first-order valence-corrected chi connectivity index (χ1v) is 13.9. The zero-order valence-electron chi connectivity index (χ0n) is 21.1. The lowest BCUT2D eigenvalue weighted by molar-refractivity contribution is -0.153. The number of carboxylic acids is 1. The van der Waals surface area contributed by atoms with Crippen LogP contribution in [0.25, 0.3) is 5.57 Å². The molecule has 218 valence electrons. The highest BCUT2D eigenvalue weighted by Gasteiger charge is 2.65. The molecule has 2 amide bonds. The number of aliphatic carboxylic acids is 1. The fourth-order valence-electron chi connectivity index (χ4n) is 4.16. The summed E-state index contributed by atoms with van der Waals surface area (Å²) in [6, 6.07) is 0.896. The zero-order valence-corrected chi connectivity index (χ0v) is 23.5. The van der Waals surface area contributed by atoms with Crippen molar-refractivity contribution in [2.75, 3.05) is 11.5 Å². The minimum atomic E-state index is -1.81. The van der Waals surface area contributed by atoms with E-state index >= 15 is 0 Å². The van der Waals surface area contributed by atoms with Gasteiger partial charge in [-0.2, -0.15) is 4.73 Å². The number of aryl methyl sites for hydroxylation is 1. The van der Waals surface area contributed by atoms with Crippen molar-refractivity contribution in [2.45, 2.75) is 17.5 Å². The lowest BCUT2D eigenvalue weighted by Crippen LogP contribution is -2.80. The van der Waals surface area contributed by atoms with Gasteiger partial charge in [0.2, 0.25) is 5.43 Å². The molecule has 5 rings (SSSR count). The molecule has 21 heteroatoms. The molecule has 0 unspecified atom stereocenters. The molecule has 0 bridgehead atoms. The number of carbonyl (C=O) groups excluding carboxylic acids is 2. The summed E-state index contributed by atoms with van der Waals surface area (Å²) in [5.74, 6) is -3.65. The van der Waals surface area contributed by atoms with Gasteiger partial charge in [0.15, 0.2) is 34.6 Å². The van der Waals surface area contributed by atoms with Crippen molar-refractivity contribution in [3.63, 3.8) is 0 Å². The molecule has 0 radical (unpaired) electrons. The van der Waals surface area contributed by atoms with Gasteiger partial charge in [-0.15, -0.1) is 28.2 Å². The number of anilines is 1. The van der Waals surface area contributed by atoms with Crippen molar-refractivity contribution < 1.29 is 34.6 Å². The molecule has 18 nitrogen and oxygen atoms in total. The number of β-lactam (4-membered cyclic amide) rings is 1. The number of nitrogens with one attached hydrogen (secondary N) is 1. The van der Waals surface area contributed by atoms with Gasteiger partial charge in [0.05, 0.1) is 6.20 Å². The number of aromatic nitrogens is 6. The van der Waals surface area contributed by atoms with E-state index in [2.05, 4.69) is 31.0 Å². The molecule has 0 aliphatic carbocycles. The Morgan fingerprint density at radius 2 is 2.17 bits per heavy atom. The Hall–Kier alpha value is -4.89. The predicted octanol–water partition coefficient (Wildman–Crippen LogP) is -1.46. The number of nitrogens with two attached hydrogens (primary N) is 1. The van der Waals surface area contributed by atoms with Crippen LogP contribution in [0.4, 0.5) is 5.13 Å². The molecule has 0 spiro atoms. The number of nitrogens with zero attached hydrogens (tertiary/aromatic N) is 8. The predicted molar refractivity (Wildman–Crippen MR) is 148 cm³/mol. The van der Waals surface area contributed by atoms with Crippen LogP contribution in [0, 0.1) is 0 Å². The maximum atomic E-state index is 13.5. The standard InChI is InChI=1S/C21H18N10O8S3/c1-29-15(25-27-28-29)9-5-41-19-21(7-40,18(37)31(19)14(9)17(35)36)24-16(34)13(10-6-42-20(22)23-10)26-39-4-8-2-11(32)12(33)3-30(8)38/h2-3,6-7,19,33,38H,4-5H2,1H3,(H2,22,23)(H,24,34)(H,35,36)/t19-,21+/m1/s1. The normalized spacial score (nSPS) is 20.1. The Bertz CT molecular complexity index is 1760. The molecule has 2 aliphatic heterocycles. The minimum absolute atomic E-state index is 0.0234. The van der Waals surface area contributed by atoms with Crippen LogP contribution < -0.4 is 16.5 Å². The Labute approximate surface area is 247 Å². The summed E-state index contributed by atoms with van der Waals surface area (Å²) < 4.78 is 1.71. The number of aromatic hydroxyl groups is 1. The third-order valence-electron chi connectivity index (χ3n) is 6.14. The fourth-order valence-corrected chi connectivity index (χ4v) is 6.52. The summed E-state index contributed by atoms with van der Waals surface area (Å²) in [6.07, 6.45) is 0.755. The van der Waals surface area contributed by atoms with E-state index in [1.165, 1.54) is 17.1 Å². The van der Waals surface area contributed by atoms with Crippen LogP contribution in [0.2, 0.25) is 0 Å². The van der Waals surface area contributed by atoms with E-state index in [4.69, 9.17) is 22.8 Å². The molecule has 1 saturated heterocycles. The number of pyridine rings is 1. The Morgan fingerprint density at radius 1 is 1.40 bits per heavy atom. The fraction of sp³-hybridized carbons (Fsp3) is 0.238. The number of thiazole rings is 1. The number of thiocarbonyl (C=S) groups is 1. The van der Waals surface area contributed by atoms with Gasteiger partial charge in [-0.3, -0.25) is 19.3 Å². The van der Waals surface area contributed by atoms with Gasteiger partial charge in [0.1, 0.15) is 22.5 Å². The molecular weight excluding hydrogens is 616 g/mol. The molecule has 2 aliphatic rings. The van der Waals surface area contributed by atoms with Crippen LogP contribution in [0.1, 0.15) is 17.2 Å². The van der Waals surface area contributed by atoms with Gasteiger partial charge in [0, 0.05) is 35.2 Å². The number of thioether (sulfide) groups is 1. The number of amides is 2. The van der Waals surface area contributed by atoms with Gasteiger partial charge in [-0.25, -0.2) is 14.5 Å². The van der Waals surface area contributed by atoms with E-state index in [0.29, 0.717) is 4.73 Å². The SMILES string of the molecule is Cn1nnnc1C1=C(C(=O)O)N2C(=O)[C@](C=S)(NC(=O)C(=NOCc3cc(=O)c(O)cn3O)c3csc(N)n3)[C@H]2SC1. The summed E-state index contributed by atoms with van der Waals surface area (Å²) >= 11 is 7.27. The van der Waals surface area contributed by atoms with Crippen molar-refractivity contribution in [1.82, 2.24) is 40.1 Å². The second-order valence-corrected chi connectivity index (χ2v) is 10.9. The Kier molecular flexibility index (Phi) is 7.38. The number of carbonyl (C=O) groups is 3. The molecular formula is C21H18N10O8S3. The molecule has 1 fully saturated rings. The van der Waals surface area contributed by atoms with Crippen molar-refractivity contribution >= 4 is 74.9 Å². The Morgan fingerprint density at radius 3 is 2.79 bits per heavy atom. The summed E-state index contributed by atoms with van der Waals surface area (Å²) in [7, 11) is 1.52. The first-order valence-electron chi connectivity index (χ1n) is 11.5. The molecule has 42 heavy (non-hydrogen) atoms. The van der Waals surface area contributed by atoms with Gasteiger partial charge < -0.3 is 31.3 Å². The number of hydrogen-bond acceptors (Lipinski definition) is 16. The number of fused-ring (bicyclic) bond motifs is 1. The van der Waals surface area contributed by atoms with E-state index in [0.717, 1.165) is 45.6 Å². The summed E-state index contributed by atoms with van der Waals surface area (Å²) in [5.41, 5.74) is 2.40. The van der Waals surface area contributed by atoms with Crippen molar-refractivity contribution in [3.05, 3.63) is 50.8 Å². The van der Waals surface area contributed by atoms with Crippen LogP contribution in [0.15, 0.2) is 33.3 Å². The van der Waals surface area contributed by atoms with E-state index in [9.17, 15) is 34.6 Å². The quantitative estimate of drug-likeness (QED) is 0.0593. The lowest BCUT2D eigenvalue weighted by Gasteiger charge is -2.55. The molecule has 2 atom stereocenters. The second-order valence-electron chi connectivity index (χ2n) is 8.68. The van der Waals surface area contributed by atoms with Crippen LogP contribution in [0.3, 0.4) is 0 Å². The Balaban J connectivity index is 1.44. The van der Waals surface area contributed by atoms with E-state index < -0.39 is 52.2 Å². The smallest absolute Gasteiger partial charge is 0.353 e. The van der Waals surface area contributed by atoms with E-state index in [-0.39, 0.29) is 39.4 Å². The third-order valence-corrected chi connectivity index (χ3v) is 8.54. The second kappa shape index (κ2) is 10.8. The van der Waals surface area contributed by atoms with E-state index in [1.807, 2.05) is 0 Å². The number of rotatable bonds is 9. The first kappa shape index (κ1) is 28.6. The molecule has 5 heterocycles. The molecule has 6 N–H and O–H groups in total. The van der Waals surface area contributed by atoms with Crippen LogP contribution in [-0.2, 0) is 32.9 Å². The molecule has 3 aromatic rings. The molecule has 0 saturated carbocycles. The number of nitrogen functional groups attached to an aromatic ring is 1. The van der Waals surface area contributed by atoms with Gasteiger partial charge >= 0.3 is 5.97 Å². The van der Waals surface area contributed by atoms with Gasteiger partial charge in [0.25, 0.3) is 11.8 Å². The maximum absolute atomic E-state index is 13.5. The number of carboxylic acid groups (broad SMARTS) is 1. The monoisotopic (exact) mass is 634 g/mol. The summed E-state index contributed by atoms with van der Waals surface area (Å²) in [4.78, 5) is 61.2. The highest BCUT2D eigenvalue weighted by Crippen LogP contribution is 2.47. The number of tetrazole rings is 1. The number of oxime groups is 1. The number of hydrogen-bond donors (Lipinski definition) is 5. The largest absolute Gasteiger partial charge is 0.503 e. The van der Waals surface area contributed by atoms with E-state index in [1.54, 1.807) is 0 Å². The van der Waals surface area contributed by atoms with Gasteiger partial charge in [-0.05, 0) is 10.4 Å². The molecule has 3 aromatic heterocycles. The van der Waals surface area contributed by atoms with Crippen molar-refractivity contribution in [1.29, 1.82) is 0 Å². The van der Waals surface area contributed by atoms with Crippen molar-refractivity contribution in [3.8, 4) is 5.75 Å². The minimum Gasteiger partial charge on any atom is -0.503 e. The topological polar surface area (TPSA) is 253 Å². The lowest BCUT2D eigenvalue weighted by atomic mass is 9.87. The first-order chi connectivity index (χ1) is 20.0. The average molecular weight is 635 g/mol. The third kappa shape index (κ3) is 4.71. The maximum Gasteiger partial charge on any atom is 0.353 e. The molecule has 0 aromatic carbocycles. The van der Waals surface area contributed by atoms with Crippen molar-refractivity contribution in [2.24, 2.45) is 12.2 Å². The highest BCUT2D eigenvalue weighted by molar-refractivity contribution is 8.00.